The van der Waals surface area contributed by atoms with Crippen molar-refractivity contribution in [2.45, 2.75) is 71.8 Å². The van der Waals surface area contributed by atoms with Crippen LogP contribution in [0.2, 0.25) is 5.15 Å². The van der Waals surface area contributed by atoms with E-state index in [1.165, 1.54) is 4.90 Å². The molecule has 0 unspecified atom stereocenters. The van der Waals surface area contributed by atoms with E-state index in [1.807, 2.05) is 118 Å². The molecular formula is C52H64ClN7O8S. The molecule has 1 saturated heterocycles. The molecule has 15 nitrogen and oxygen atoms in total. The lowest BCUT2D eigenvalue weighted by molar-refractivity contribution is -0.144. The Kier molecular flexibility index (Phi) is 20.8. The number of aromatic nitrogens is 3. The molecule has 69 heavy (non-hydrogen) atoms. The number of amides is 3. The van der Waals surface area contributed by atoms with E-state index < -0.39 is 29.5 Å². The Hall–Kier alpha value is -5.43. The zero-order chi connectivity index (χ0) is 49.0. The summed E-state index contributed by atoms with van der Waals surface area (Å²) in [7, 11) is 0. The highest BCUT2D eigenvalue weighted by atomic mass is 35.5. The summed E-state index contributed by atoms with van der Waals surface area (Å²) in [6.45, 7) is 12.1. The summed E-state index contributed by atoms with van der Waals surface area (Å²) < 4.78 is 22.5. The van der Waals surface area contributed by atoms with Crippen LogP contribution in [0.25, 0.3) is 33.7 Å². The number of carbonyl (C=O) groups is 3. The van der Waals surface area contributed by atoms with E-state index in [0.717, 1.165) is 49.5 Å². The molecule has 1 aliphatic heterocycles. The first-order valence-corrected chi connectivity index (χ1v) is 24.5. The normalized spacial score (nSPS) is 15.4. The first kappa shape index (κ1) is 52.9. The summed E-state index contributed by atoms with van der Waals surface area (Å²) >= 11 is 7.96. The Morgan fingerprint density at radius 1 is 0.826 bits per heavy atom. The molecule has 1 aliphatic rings. The molecule has 0 radical (unpaired) electrons. The smallest absolute Gasteiger partial charge is 0.246 e. The average Bonchev–Trinajstić information content (AvgIpc) is 3.97. The van der Waals surface area contributed by atoms with Gasteiger partial charge in [-0.05, 0) is 46.7 Å². The Labute approximate surface area is 414 Å². The highest BCUT2D eigenvalue weighted by molar-refractivity contribution is 7.13. The number of aryl methyl sites for hydroxylation is 1. The van der Waals surface area contributed by atoms with Crippen LogP contribution >= 0.6 is 22.9 Å². The van der Waals surface area contributed by atoms with Gasteiger partial charge in [-0.3, -0.25) is 19.4 Å². The molecule has 2 aromatic carbocycles. The maximum absolute atomic E-state index is 13.9. The van der Waals surface area contributed by atoms with Gasteiger partial charge in [0, 0.05) is 74.3 Å². The molecule has 4 N–H and O–H groups in total. The van der Waals surface area contributed by atoms with Crippen LogP contribution in [0.4, 0.5) is 0 Å². The van der Waals surface area contributed by atoms with Crippen LogP contribution in [0, 0.1) is 12.3 Å². The van der Waals surface area contributed by atoms with Gasteiger partial charge < -0.3 is 44.9 Å². The number of nitrogens with one attached hydrogen (secondary N) is 3. The maximum atomic E-state index is 13.9. The van der Waals surface area contributed by atoms with Crippen LogP contribution in [-0.4, -0.2) is 127 Å². The van der Waals surface area contributed by atoms with Crippen LogP contribution < -0.4 is 16.0 Å². The monoisotopic (exact) mass is 981 g/mol. The summed E-state index contributed by atoms with van der Waals surface area (Å²) in [6, 6.07) is 20.2. The molecule has 6 rings (SSSR count). The number of rotatable bonds is 26. The zero-order valence-electron chi connectivity index (χ0n) is 39.8. The first-order chi connectivity index (χ1) is 33.4. The molecule has 1 fully saturated rings. The Morgan fingerprint density at radius 2 is 1.51 bits per heavy atom. The van der Waals surface area contributed by atoms with Crippen molar-refractivity contribution in [3.63, 3.8) is 0 Å². The second kappa shape index (κ2) is 27.1. The number of nitrogens with zero attached hydrogens (tertiary/aromatic N) is 4. The van der Waals surface area contributed by atoms with Gasteiger partial charge in [-0.25, -0.2) is 9.97 Å². The van der Waals surface area contributed by atoms with Crippen LogP contribution in [0.3, 0.4) is 0 Å². The van der Waals surface area contributed by atoms with Gasteiger partial charge in [-0.15, -0.1) is 11.3 Å². The largest absolute Gasteiger partial charge is 0.391 e. The number of hydrogen-bond acceptors (Lipinski definition) is 13. The van der Waals surface area contributed by atoms with Crippen molar-refractivity contribution in [3.8, 4) is 21.6 Å². The average molecular weight is 983 g/mol. The number of halogens is 1. The molecule has 17 heteroatoms. The molecular weight excluding hydrogens is 918 g/mol. The Balaban J connectivity index is 0.786. The van der Waals surface area contributed by atoms with Crippen molar-refractivity contribution in [2.24, 2.45) is 5.41 Å². The fraction of sp³-hybridized carbons (Fsp3) is 0.423. The van der Waals surface area contributed by atoms with Gasteiger partial charge in [0.15, 0.2) is 0 Å². The molecule has 5 aromatic rings. The van der Waals surface area contributed by atoms with Gasteiger partial charge in [0.1, 0.15) is 17.2 Å². The third-order valence-electron chi connectivity index (χ3n) is 11.3. The summed E-state index contributed by atoms with van der Waals surface area (Å²) in [5.41, 5.74) is 8.91. The molecule has 3 amide bonds. The number of aliphatic hydroxyl groups is 1. The Bertz CT molecular complexity index is 2430. The third-order valence-corrected chi connectivity index (χ3v) is 12.6. The zero-order valence-corrected chi connectivity index (χ0v) is 41.4. The first-order valence-electron chi connectivity index (χ1n) is 23.3. The minimum Gasteiger partial charge on any atom is -0.391 e. The second-order valence-corrected chi connectivity index (χ2v) is 19.0. The number of β-amino-alcohol motifs (C(OH)–C–C–N with tert-alkyl or cyclic N) is 1. The van der Waals surface area contributed by atoms with Gasteiger partial charge in [0.2, 0.25) is 17.7 Å². The topological polar surface area (TPSA) is 186 Å². The number of pyridine rings is 2. The number of benzene rings is 2. The van der Waals surface area contributed by atoms with Crippen LogP contribution in [0.1, 0.15) is 61.6 Å². The van der Waals surface area contributed by atoms with E-state index in [2.05, 4.69) is 37.0 Å². The van der Waals surface area contributed by atoms with Gasteiger partial charge in [0.05, 0.1) is 75.0 Å². The van der Waals surface area contributed by atoms with Gasteiger partial charge >= 0.3 is 0 Å². The van der Waals surface area contributed by atoms with Crippen LogP contribution in [-0.2, 0) is 46.4 Å². The lowest BCUT2D eigenvalue weighted by atomic mass is 9.85. The second-order valence-electron chi connectivity index (χ2n) is 17.8. The van der Waals surface area contributed by atoms with Crippen molar-refractivity contribution >= 4 is 52.8 Å². The fourth-order valence-electron chi connectivity index (χ4n) is 7.55. The van der Waals surface area contributed by atoms with Crippen LogP contribution in [0.15, 0.2) is 90.8 Å². The van der Waals surface area contributed by atoms with Crippen molar-refractivity contribution in [1.29, 1.82) is 0 Å². The maximum Gasteiger partial charge on any atom is 0.246 e. The van der Waals surface area contributed by atoms with Gasteiger partial charge in [-0.2, -0.15) is 0 Å². The number of hydrogen-bond donors (Lipinski definition) is 4. The van der Waals surface area contributed by atoms with Crippen LogP contribution in [0.5, 0.6) is 0 Å². The minimum atomic E-state index is -0.922. The predicted molar refractivity (Wildman–Crippen MR) is 269 cm³/mol. The van der Waals surface area contributed by atoms with Gasteiger partial charge in [0.25, 0.3) is 0 Å². The number of thiazole rings is 1. The summed E-state index contributed by atoms with van der Waals surface area (Å²) in [5.74, 6) is -1.13. The standard InChI is InChI=1S/C52H64ClN7O8S/c1-36-47(69-35-58-36)40-13-11-38(12-14-40)31-57-50(63)45-28-44(61)34-60(45)51(64)48(52(2,3)4)59-46(62)16-18-65-20-22-67-24-25-68-23-21-66-19-17-54-29-39-26-42(32-55-30-39)43-27-41(49(53)56-33-43)15-10-37-8-6-5-7-9-37/h5-15,26-27,30,32-33,35,44-45,48,54,61H,16-25,28-29,31,34H2,1-4H3,(H,57,63)(H,59,62)/b15-10+/t44-,45+,48-/m1/s1. The molecule has 3 aromatic heterocycles. The summed E-state index contributed by atoms with van der Waals surface area (Å²) in [6.07, 6.45) is 8.68. The fourth-order valence-corrected chi connectivity index (χ4v) is 8.53. The van der Waals surface area contributed by atoms with Gasteiger partial charge in [-0.1, -0.05) is 99.1 Å². The predicted octanol–water partition coefficient (Wildman–Crippen LogP) is 6.75. The molecule has 3 atom stereocenters. The molecule has 368 valence electrons. The lowest BCUT2D eigenvalue weighted by Crippen LogP contribution is -2.57. The summed E-state index contributed by atoms with van der Waals surface area (Å²) in [4.78, 5) is 56.0. The molecule has 0 aliphatic carbocycles. The van der Waals surface area contributed by atoms with Crippen molar-refractivity contribution in [3.05, 3.63) is 124 Å². The number of ether oxygens (including phenoxy) is 4. The number of likely N-dealkylation sites (tertiary alicyclic amines) is 1. The molecule has 0 spiro atoms. The van der Waals surface area contributed by atoms with E-state index in [4.69, 9.17) is 30.5 Å². The lowest BCUT2D eigenvalue weighted by Gasteiger charge is -2.35. The van der Waals surface area contributed by atoms with E-state index in [9.17, 15) is 19.5 Å². The van der Waals surface area contributed by atoms with E-state index in [1.54, 1.807) is 17.5 Å². The van der Waals surface area contributed by atoms with Crippen molar-refractivity contribution in [1.82, 2.24) is 35.8 Å². The highest BCUT2D eigenvalue weighted by Gasteiger charge is 2.44. The minimum absolute atomic E-state index is 0.000167. The molecule has 0 bridgehead atoms. The Morgan fingerprint density at radius 3 is 2.19 bits per heavy atom. The van der Waals surface area contributed by atoms with E-state index in [0.29, 0.717) is 57.9 Å². The van der Waals surface area contributed by atoms with Crippen molar-refractivity contribution in [2.75, 3.05) is 65.9 Å². The molecule has 4 heterocycles. The molecule has 0 saturated carbocycles. The third kappa shape index (κ3) is 16.9. The quantitative estimate of drug-likeness (QED) is 0.0338. The summed E-state index contributed by atoms with van der Waals surface area (Å²) in [5, 5.41) is 20.2. The number of carbonyl (C=O) groups excluding carboxylic acids is 3. The SMILES string of the molecule is Cc1ncsc1-c1ccc(CNC(=O)[C@@H]2C[C@@H](O)CN2C(=O)[C@@H](NC(=O)CCOCCOCCOCCOCCNCc2cncc(-c3cnc(Cl)c(/C=C/c4ccccc4)c3)c2)C(C)(C)C)cc1. The number of aliphatic hydroxyl groups excluding tert-OH is 1. The van der Waals surface area contributed by atoms with E-state index >= 15 is 0 Å². The highest BCUT2D eigenvalue weighted by Crippen LogP contribution is 2.29. The van der Waals surface area contributed by atoms with E-state index in [-0.39, 0.29) is 51.0 Å². The van der Waals surface area contributed by atoms with Crippen molar-refractivity contribution < 1.29 is 38.4 Å².